The highest BCUT2D eigenvalue weighted by Gasteiger charge is 2.30. The van der Waals surface area contributed by atoms with Gasteiger partial charge in [0, 0.05) is 32.7 Å². The number of rotatable bonds is 4. The second kappa shape index (κ2) is 6.78. The molecule has 0 aliphatic carbocycles. The molecule has 0 amide bonds. The van der Waals surface area contributed by atoms with E-state index in [-0.39, 0.29) is 4.90 Å². The summed E-state index contributed by atoms with van der Waals surface area (Å²) in [6.45, 7) is 2.84. The van der Waals surface area contributed by atoms with Gasteiger partial charge in [-0.25, -0.2) is 12.8 Å². The summed E-state index contributed by atoms with van der Waals surface area (Å²) in [7, 11) is -3.76. The van der Waals surface area contributed by atoms with Crippen LogP contribution in [-0.4, -0.2) is 43.8 Å². The quantitative estimate of drug-likeness (QED) is 0.862. The third kappa shape index (κ3) is 3.60. The van der Waals surface area contributed by atoms with E-state index in [9.17, 15) is 12.8 Å². The fourth-order valence-corrected chi connectivity index (χ4v) is 4.25. The highest BCUT2D eigenvalue weighted by atomic mass is 32.2. The minimum atomic E-state index is -3.76. The number of hydrogen-bond donors (Lipinski definition) is 0. The Balaban J connectivity index is 1.66. The van der Waals surface area contributed by atoms with Gasteiger partial charge >= 0.3 is 0 Å². The number of hydrogen-bond acceptors (Lipinski definition) is 3. The Labute approximate surface area is 136 Å². The molecule has 3 rings (SSSR count). The Morgan fingerprint density at radius 3 is 2.13 bits per heavy atom. The Morgan fingerprint density at radius 1 is 0.870 bits per heavy atom. The van der Waals surface area contributed by atoms with Crippen LogP contribution in [0, 0.1) is 5.82 Å². The Bertz CT molecular complexity index is 757. The lowest BCUT2D eigenvalue weighted by molar-refractivity contribution is 0.181. The number of piperazine rings is 1. The molecule has 0 aromatic heterocycles. The highest BCUT2D eigenvalue weighted by molar-refractivity contribution is 7.89. The fraction of sp³-hybridized carbons (Fsp3) is 0.294. The topological polar surface area (TPSA) is 40.6 Å². The lowest BCUT2D eigenvalue weighted by Crippen LogP contribution is -2.48. The van der Waals surface area contributed by atoms with Gasteiger partial charge in [0.2, 0.25) is 10.0 Å². The van der Waals surface area contributed by atoms with Crippen LogP contribution in [0.1, 0.15) is 5.56 Å². The lowest BCUT2D eigenvalue weighted by Gasteiger charge is -2.34. The van der Waals surface area contributed by atoms with E-state index in [2.05, 4.69) is 17.0 Å². The van der Waals surface area contributed by atoms with Crippen molar-refractivity contribution in [3.8, 4) is 0 Å². The van der Waals surface area contributed by atoms with Gasteiger partial charge in [-0.2, -0.15) is 4.31 Å². The number of benzene rings is 2. The van der Waals surface area contributed by atoms with Gasteiger partial charge in [0.15, 0.2) is 0 Å². The van der Waals surface area contributed by atoms with Crippen molar-refractivity contribution < 1.29 is 12.8 Å². The normalized spacial score (nSPS) is 17.3. The molecule has 1 saturated heterocycles. The minimum absolute atomic E-state index is 0.239. The monoisotopic (exact) mass is 334 g/mol. The second-order valence-electron chi connectivity index (χ2n) is 5.60. The summed E-state index contributed by atoms with van der Waals surface area (Å²) in [5.74, 6) is -0.695. The molecule has 0 saturated carbocycles. The Hall–Kier alpha value is -1.76. The average Bonchev–Trinajstić information content (AvgIpc) is 2.56. The van der Waals surface area contributed by atoms with E-state index in [1.807, 2.05) is 18.2 Å². The maximum atomic E-state index is 13.8. The molecular formula is C17H19FN2O2S. The maximum absolute atomic E-state index is 13.8. The van der Waals surface area contributed by atoms with E-state index in [0.29, 0.717) is 26.2 Å². The molecule has 2 aromatic rings. The van der Waals surface area contributed by atoms with Crippen LogP contribution >= 0.6 is 0 Å². The summed E-state index contributed by atoms with van der Waals surface area (Å²) in [5, 5.41) is 0. The SMILES string of the molecule is O=S(=O)(c1ccccc1F)N1CCN(Cc2ccccc2)CC1. The Kier molecular flexibility index (Phi) is 4.75. The molecule has 0 radical (unpaired) electrons. The van der Waals surface area contributed by atoms with E-state index in [4.69, 9.17) is 0 Å². The van der Waals surface area contributed by atoms with Crippen molar-refractivity contribution in [2.45, 2.75) is 11.4 Å². The van der Waals surface area contributed by atoms with Crippen LogP contribution in [-0.2, 0) is 16.6 Å². The summed E-state index contributed by atoms with van der Waals surface area (Å²) < 4.78 is 40.2. The zero-order valence-electron chi connectivity index (χ0n) is 12.7. The van der Waals surface area contributed by atoms with Crippen LogP contribution in [0.5, 0.6) is 0 Å². The molecule has 0 N–H and O–H groups in total. The zero-order chi connectivity index (χ0) is 16.3. The van der Waals surface area contributed by atoms with E-state index in [1.165, 1.54) is 28.1 Å². The van der Waals surface area contributed by atoms with Crippen LogP contribution in [0.25, 0.3) is 0 Å². The minimum Gasteiger partial charge on any atom is -0.296 e. The summed E-state index contributed by atoms with van der Waals surface area (Å²) >= 11 is 0. The molecular weight excluding hydrogens is 315 g/mol. The molecule has 0 bridgehead atoms. The molecule has 6 heteroatoms. The van der Waals surface area contributed by atoms with Crippen molar-refractivity contribution in [3.63, 3.8) is 0 Å². The van der Waals surface area contributed by atoms with Gasteiger partial charge in [0.1, 0.15) is 10.7 Å². The first-order valence-electron chi connectivity index (χ1n) is 7.58. The van der Waals surface area contributed by atoms with Crippen molar-refractivity contribution in [1.82, 2.24) is 9.21 Å². The van der Waals surface area contributed by atoms with Crippen LogP contribution in [0.2, 0.25) is 0 Å². The molecule has 1 aliphatic heterocycles. The summed E-state index contributed by atoms with van der Waals surface area (Å²) in [5.41, 5.74) is 1.21. The smallest absolute Gasteiger partial charge is 0.246 e. The van der Waals surface area contributed by atoms with E-state index in [1.54, 1.807) is 6.07 Å². The van der Waals surface area contributed by atoms with Gasteiger partial charge in [-0.15, -0.1) is 0 Å². The molecule has 2 aromatic carbocycles. The molecule has 4 nitrogen and oxygen atoms in total. The first kappa shape index (κ1) is 16.1. The largest absolute Gasteiger partial charge is 0.296 e. The second-order valence-corrected chi connectivity index (χ2v) is 7.50. The molecule has 1 aliphatic rings. The van der Waals surface area contributed by atoms with Crippen molar-refractivity contribution in [2.75, 3.05) is 26.2 Å². The molecule has 122 valence electrons. The molecule has 0 atom stereocenters. The van der Waals surface area contributed by atoms with Crippen molar-refractivity contribution in [2.24, 2.45) is 0 Å². The van der Waals surface area contributed by atoms with E-state index in [0.717, 1.165) is 6.54 Å². The first-order valence-corrected chi connectivity index (χ1v) is 9.02. The summed E-state index contributed by atoms with van der Waals surface area (Å²) in [6.07, 6.45) is 0. The van der Waals surface area contributed by atoms with Gasteiger partial charge in [-0.05, 0) is 17.7 Å². The average molecular weight is 334 g/mol. The van der Waals surface area contributed by atoms with Gasteiger partial charge in [0.05, 0.1) is 0 Å². The van der Waals surface area contributed by atoms with Gasteiger partial charge in [-0.1, -0.05) is 42.5 Å². The van der Waals surface area contributed by atoms with Gasteiger partial charge in [0.25, 0.3) is 0 Å². The van der Waals surface area contributed by atoms with Crippen LogP contribution in [0.4, 0.5) is 4.39 Å². The van der Waals surface area contributed by atoms with Crippen LogP contribution in [0.15, 0.2) is 59.5 Å². The van der Waals surface area contributed by atoms with Crippen molar-refractivity contribution in [3.05, 3.63) is 66.0 Å². The standard InChI is InChI=1S/C17H19FN2O2S/c18-16-8-4-5-9-17(16)23(21,22)20-12-10-19(11-13-20)14-15-6-2-1-3-7-15/h1-9H,10-14H2. The van der Waals surface area contributed by atoms with E-state index >= 15 is 0 Å². The Morgan fingerprint density at radius 2 is 1.48 bits per heavy atom. The summed E-state index contributed by atoms with van der Waals surface area (Å²) in [4.78, 5) is 1.97. The zero-order valence-corrected chi connectivity index (χ0v) is 13.5. The van der Waals surface area contributed by atoms with Gasteiger partial charge < -0.3 is 0 Å². The molecule has 0 spiro atoms. The van der Waals surface area contributed by atoms with Crippen LogP contribution in [0.3, 0.4) is 0 Å². The highest BCUT2D eigenvalue weighted by Crippen LogP contribution is 2.20. The third-order valence-corrected chi connectivity index (χ3v) is 5.97. The van der Waals surface area contributed by atoms with Gasteiger partial charge in [-0.3, -0.25) is 4.90 Å². The van der Waals surface area contributed by atoms with Crippen LogP contribution < -0.4 is 0 Å². The lowest BCUT2D eigenvalue weighted by atomic mass is 10.2. The molecule has 1 heterocycles. The number of halogens is 1. The van der Waals surface area contributed by atoms with Crippen molar-refractivity contribution >= 4 is 10.0 Å². The first-order chi connectivity index (χ1) is 11.1. The number of nitrogens with zero attached hydrogens (tertiary/aromatic N) is 2. The predicted molar refractivity (Wildman–Crippen MR) is 86.9 cm³/mol. The third-order valence-electron chi connectivity index (χ3n) is 4.03. The maximum Gasteiger partial charge on any atom is 0.246 e. The van der Waals surface area contributed by atoms with Crippen molar-refractivity contribution in [1.29, 1.82) is 0 Å². The fourth-order valence-electron chi connectivity index (χ4n) is 2.76. The predicted octanol–water partition coefficient (Wildman–Crippen LogP) is 2.33. The molecule has 1 fully saturated rings. The number of sulfonamides is 1. The summed E-state index contributed by atoms with van der Waals surface area (Å²) in [6, 6.07) is 15.6. The van der Waals surface area contributed by atoms with E-state index < -0.39 is 15.8 Å². The molecule has 23 heavy (non-hydrogen) atoms. The molecule has 0 unspecified atom stereocenters.